The van der Waals surface area contributed by atoms with Crippen LogP contribution < -0.4 is 5.73 Å². The number of hydrogen-bond acceptors (Lipinski definition) is 3. The van der Waals surface area contributed by atoms with E-state index in [4.69, 9.17) is 17.3 Å². The molecule has 2 aromatic heterocycles. The Hall–Kier alpha value is -2.13. The second-order valence-corrected chi connectivity index (χ2v) is 4.37. The maximum atomic E-state index is 6.16. The van der Waals surface area contributed by atoms with Crippen LogP contribution in [0.3, 0.4) is 0 Å². The molecular weight excluding hydrogens is 246 g/mol. The number of halogens is 1. The molecule has 0 bridgehead atoms. The highest BCUT2D eigenvalue weighted by Gasteiger charge is 2.05. The lowest BCUT2D eigenvalue weighted by atomic mass is 10.1. The number of aromatic nitrogens is 2. The van der Waals surface area contributed by atoms with Gasteiger partial charge in [0.15, 0.2) is 5.65 Å². The molecule has 0 atom stereocenters. The molecule has 18 heavy (non-hydrogen) atoms. The van der Waals surface area contributed by atoms with E-state index >= 15 is 0 Å². The number of nitrogens with zero attached hydrogens (tertiary/aromatic N) is 2. The molecule has 88 valence electrons. The predicted molar refractivity (Wildman–Crippen MR) is 74.4 cm³/mol. The molecular formula is C14H10ClN3. The fourth-order valence-electron chi connectivity index (χ4n) is 1.83. The standard InChI is InChI=1S/C14H10ClN3/c15-11-4-2-1-3-10(11)12-7-5-9-6-8-13(16)18-14(9)17-12/h1-8H,(H2,16,17,18). The Labute approximate surface area is 109 Å². The number of nitrogens with two attached hydrogens (primary N) is 1. The second kappa shape index (κ2) is 4.27. The molecule has 0 fully saturated rings. The van der Waals surface area contributed by atoms with Gasteiger partial charge in [-0.3, -0.25) is 0 Å². The number of anilines is 1. The third kappa shape index (κ3) is 1.89. The Morgan fingerprint density at radius 1 is 0.889 bits per heavy atom. The summed E-state index contributed by atoms with van der Waals surface area (Å²) in [7, 11) is 0. The lowest BCUT2D eigenvalue weighted by molar-refractivity contribution is 1.29. The molecule has 0 amide bonds. The first kappa shape index (κ1) is 11.0. The Kier molecular flexibility index (Phi) is 2.61. The van der Waals surface area contributed by atoms with Crippen molar-refractivity contribution in [2.24, 2.45) is 0 Å². The largest absolute Gasteiger partial charge is 0.384 e. The van der Waals surface area contributed by atoms with E-state index < -0.39 is 0 Å². The van der Waals surface area contributed by atoms with Gasteiger partial charge in [-0.05, 0) is 30.3 Å². The van der Waals surface area contributed by atoms with E-state index in [-0.39, 0.29) is 0 Å². The van der Waals surface area contributed by atoms with Gasteiger partial charge in [-0.2, -0.15) is 0 Å². The Balaban J connectivity index is 2.22. The average molecular weight is 256 g/mol. The quantitative estimate of drug-likeness (QED) is 0.724. The third-order valence-corrected chi connectivity index (χ3v) is 3.05. The smallest absolute Gasteiger partial charge is 0.162 e. The number of hydrogen-bond donors (Lipinski definition) is 1. The van der Waals surface area contributed by atoms with Crippen molar-refractivity contribution in [2.45, 2.75) is 0 Å². The van der Waals surface area contributed by atoms with Crippen LogP contribution in [0.5, 0.6) is 0 Å². The van der Waals surface area contributed by atoms with Crippen molar-refractivity contribution in [3.8, 4) is 11.3 Å². The number of benzene rings is 1. The summed E-state index contributed by atoms with van der Waals surface area (Å²) in [5, 5.41) is 1.63. The zero-order valence-corrected chi connectivity index (χ0v) is 10.2. The summed E-state index contributed by atoms with van der Waals surface area (Å²) in [6.07, 6.45) is 0. The summed E-state index contributed by atoms with van der Waals surface area (Å²) in [6.45, 7) is 0. The van der Waals surface area contributed by atoms with Crippen molar-refractivity contribution < 1.29 is 0 Å². The summed E-state index contributed by atoms with van der Waals surface area (Å²) in [5.41, 5.74) is 7.99. The number of fused-ring (bicyclic) bond motifs is 1. The minimum atomic E-state index is 0.464. The topological polar surface area (TPSA) is 51.8 Å². The molecule has 3 rings (SSSR count). The monoisotopic (exact) mass is 255 g/mol. The average Bonchev–Trinajstić information content (AvgIpc) is 2.38. The Morgan fingerprint density at radius 3 is 2.50 bits per heavy atom. The normalized spacial score (nSPS) is 10.7. The molecule has 0 aliphatic heterocycles. The van der Waals surface area contributed by atoms with E-state index in [9.17, 15) is 0 Å². The van der Waals surface area contributed by atoms with Crippen molar-refractivity contribution >= 4 is 28.5 Å². The molecule has 3 aromatic rings. The SMILES string of the molecule is Nc1ccc2ccc(-c3ccccc3Cl)nc2n1. The van der Waals surface area contributed by atoms with E-state index in [1.54, 1.807) is 6.07 Å². The zero-order valence-electron chi connectivity index (χ0n) is 9.47. The van der Waals surface area contributed by atoms with Crippen LogP contribution in [0.4, 0.5) is 5.82 Å². The van der Waals surface area contributed by atoms with Gasteiger partial charge in [-0.15, -0.1) is 0 Å². The van der Waals surface area contributed by atoms with Crippen molar-refractivity contribution in [1.82, 2.24) is 9.97 Å². The lowest BCUT2D eigenvalue weighted by Gasteiger charge is -2.05. The van der Waals surface area contributed by atoms with E-state index in [1.807, 2.05) is 42.5 Å². The van der Waals surface area contributed by atoms with Crippen LogP contribution in [0, 0.1) is 0 Å². The third-order valence-electron chi connectivity index (χ3n) is 2.72. The van der Waals surface area contributed by atoms with Crippen LogP contribution in [0.1, 0.15) is 0 Å². The molecule has 0 saturated carbocycles. The highest BCUT2D eigenvalue weighted by atomic mass is 35.5. The summed E-state index contributed by atoms with van der Waals surface area (Å²) < 4.78 is 0. The van der Waals surface area contributed by atoms with Gasteiger partial charge in [0.05, 0.1) is 5.69 Å². The van der Waals surface area contributed by atoms with Gasteiger partial charge in [0, 0.05) is 16.0 Å². The van der Waals surface area contributed by atoms with Crippen molar-refractivity contribution in [2.75, 3.05) is 5.73 Å². The molecule has 0 saturated heterocycles. The molecule has 0 unspecified atom stereocenters. The fourth-order valence-corrected chi connectivity index (χ4v) is 2.06. The van der Waals surface area contributed by atoms with E-state index in [0.717, 1.165) is 16.6 Å². The molecule has 0 aliphatic rings. The first-order chi connectivity index (χ1) is 8.74. The highest BCUT2D eigenvalue weighted by molar-refractivity contribution is 6.33. The van der Waals surface area contributed by atoms with Gasteiger partial charge in [0.2, 0.25) is 0 Å². The number of rotatable bonds is 1. The summed E-state index contributed by atoms with van der Waals surface area (Å²) >= 11 is 6.16. The Morgan fingerprint density at radius 2 is 1.67 bits per heavy atom. The van der Waals surface area contributed by atoms with E-state index in [0.29, 0.717) is 16.5 Å². The maximum absolute atomic E-state index is 6.16. The molecule has 1 aromatic carbocycles. The van der Waals surface area contributed by atoms with Crippen molar-refractivity contribution in [3.63, 3.8) is 0 Å². The highest BCUT2D eigenvalue weighted by Crippen LogP contribution is 2.27. The van der Waals surface area contributed by atoms with Gasteiger partial charge in [-0.25, -0.2) is 9.97 Å². The van der Waals surface area contributed by atoms with Crippen molar-refractivity contribution in [1.29, 1.82) is 0 Å². The molecule has 0 radical (unpaired) electrons. The van der Waals surface area contributed by atoms with E-state index in [2.05, 4.69) is 9.97 Å². The number of nitrogen functional groups attached to an aromatic ring is 1. The summed E-state index contributed by atoms with van der Waals surface area (Å²) in [5.74, 6) is 0.464. The summed E-state index contributed by atoms with van der Waals surface area (Å²) in [4.78, 5) is 8.71. The van der Waals surface area contributed by atoms with Gasteiger partial charge in [0.1, 0.15) is 5.82 Å². The lowest BCUT2D eigenvalue weighted by Crippen LogP contribution is -1.93. The van der Waals surface area contributed by atoms with Crippen LogP contribution >= 0.6 is 11.6 Å². The minimum absolute atomic E-state index is 0.464. The fraction of sp³-hybridized carbons (Fsp3) is 0. The minimum Gasteiger partial charge on any atom is -0.384 e. The molecule has 2 N–H and O–H groups in total. The molecule has 3 nitrogen and oxygen atoms in total. The molecule has 4 heteroatoms. The predicted octanol–water partition coefficient (Wildman–Crippen LogP) is 3.53. The molecule has 0 aliphatic carbocycles. The second-order valence-electron chi connectivity index (χ2n) is 3.96. The van der Waals surface area contributed by atoms with Crippen LogP contribution in [0.15, 0.2) is 48.5 Å². The zero-order chi connectivity index (χ0) is 12.5. The van der Waals surface area contributed by atoms with Crippen LogP contribution in [0.25, 0.3) is 22.3 Å². The van der Waals surface area contributed by atoms with Crippen LogP contribution in [0.2, 0.25) is 5.02 Å². The maximum Gasteiger partial charge on any atom is 0.162 e. The molecule has 2 heterocycles. The van der Waals surface area contributed by atoms with Crippen molar-refractivity contribution in [3.05, 3.63) is 53.6 Å². The van der Waals surface area contributed by atoms with E-state index in [1.165, 1.54) is 0 Å². The Bertz CT molecular complexity index is 725. The first-order valence-electron chi connectivity index (χ1n) is 5.52. The summed E-state index contributed by atoms with van der Waals surface area (Å²) in [6, 6.07) is 15.2. The number of pyridine rings is 2. The first-order valence-corrected chi connectivity index (χ1v) is 5.90. The van der Waals surface area contributed by atoms with Gasteiger partial charge in [-0.1, -0.05) is 29.8 Å². The van der Waals surface area contributed by atoms with Gasteiger partial charge in [0.25, 0.3) is 0 Å². The van der Waals surface area contributed by atoms with Gasteiger partial charge < -0.3 is 5.73 Å². The van der Waals surface area contributed by atoms with Gasteiger partial charge >= 0.3 is 0 Å². The van der Waals surface area contributed by atoms with Crippen LogP contribution in [-0.4, -0.2) is 9.97 Å². The molecule has 0 spiro atoms. The van der Waals surface area contributed by atoms with Crippen LogP contribution in [-0.2, 0) is 0 Å².